The number of rotatable bonds is 4. The van der Waals surface area contributed by atoms with Crippen molar-refractivity contribution in [2.24, 2.45) is 17.1 Å². The molecule has 0 radical (unpaired) electrons. The maximum Gasteiger partial charge on any atom is 0.270 e. The van der Waals surface area contributed by atoms with Crippen LogP contribution in [0, 0.1) is 11.3 Å². The smallest absolute Gasteiger partial charge is 0.270 e. The monoisotopic (exact) mass is 255 g/mol. The van der Waals surface area contributed by atoms with Crippen LogP contribution >= 0.6 is 11.3 Å². The van der Waals surface area contributed by atoms with Crippen molar-refractivity contribution in [3.05, 3.63) is 16.1 Å². The molecule has 4 nitrogen and oxygen atoms in total. The van der Waals surface area contributed by atoms with Gasteiger partial charge in [-0.15, -0.1) is 11.3 Å². The number of hydrogen-bond acceptors (Lipinski definition) is 4. The average molecular weight is 255 g/mol. The van der Waals surface area contributed by atoms with E-state index < -0.39 is 0 Å². The van der Waals surface area contributed by atoms with E-state index in [1.54, 1.807) is 5.38 Å². The third kappa shape index (κ3) is 4.09. The Morgan fingerprint density at radius 3 is 2.71 bits per heavy atom. The molecule has 17 heavy (non-hydrogen) atoms. The summed E-state index contributed by atoms with van der Waals surface area (Å²) in [5.74, 6) is 0.302. The summed E-state index contributed by atoms with van der Waals surface area (Å²) in [5, 5.41) is 5.45. The Balaban J connectivity index is 2.50. The van der Waals surface area contributed by atoms with E-state index in [4.69, 9.17) is 5.73 Å². The second-order valence-electron chi connectivity index (χ2n) is 5.31. The molecule has 1 unspecified atom stereocenters. The van der Waals surface area contributed by atoms with Crippen molar-refractivity contribution in [3.8, 4) is 0 Å². The predicted molar refractivity (Wildman–Crippen MR) is 71.0 cm³/mol. The Bertz CT molecular complexity index is 381. The van der Waals surface area contributed by atoms with Gasteiger partial charge in [-0.3, -0.25) is 4.79 Å². The molecule has 0 aliphatic rings. The summed E-state index contributed by atoms with van der Waals surface area (Å²) < 4.78 is 0. The van der Waals surface area contributed by atoms with E-state index in [9.17, 15) is 4.79 Å². The lowest BCUT2D eigenvalue weighted by Crippen LogP contribution is -2.33. The predicted octanol–water partition coefficient (Wildman–Crippen LogP) is 2.01. The zero-order valence-electron chi connectivity index (χ0n) is 10.9. The van der Waals surface area contributed by atoms with Crippen LogP contribution in [-0.4, -0.2) is 17.4 Å². The van der Waals surface area contributed by atoms with Gasteiger partial charge in [0.2, 0.25) is 0 Å². The number of carbonyl (C=O) groups excluding carboxylic acids is 1. The van der Waals surface area contributed by atoms with Gasteiger partial charge in [-0.2, -0.15) is 0 Å². The maximum absolute atomic E-state index is 11.8. The summed E-state index contributed by atoms with van der Waals surface area (Å²) in [6.07, 6.45) is 0. The van der Waals surface area contributed by atoms with Gasteiger partial charge in [0.05, 0.1) is 0 Å². The molecule has 0 aromatic carbocycles. The van der Waals surface area contributed by atoms with E-state index in [0.29, 0.717) is 24.7 Å². The summed E-state index contributed by atoms with van der Waals surface area (Å²) in [5.41, 5.74) is 6.12. The molecule has 0 aliphatic heterocycles. The van der Waals surface area contributed by atoms with Crippen molar-refractivity contribution in [1.29, 1.82) is 0 Å². The summed E-state index contributed by atoms with van der Waals surface area (Å²) in [7, 11) is 0. The minimum atomic E-state index is -0.114. The molecule has 1 amide bonds. The number of nitrogens with one attached hydrogen (secondary N) is 1. The lowest BCUT2D eigenvalue weighted by Gasteiger charge is -2.27. The molecule has 1 aromatic heterocycles. The first-order valence-electron chi connectivity index (χ1n) is 5.77. The minimum absolute atomic E-state index is 0.114. The van der Waals surface area contributed by atoms with Crippen LogP contribution in [0.15, 0.2) is 5.38 Å². The van der Waals surface area contributed by atoms with Gasteiger partial charge >= 0.3 is 0 Å². The summed E-state index contributed by atoms with van der Waals surface area (Å²) in [4.78, 5) is 15.9. The maximum atomic E-state index is 11.8. The van der Waals surface area contributed by atoms with Gasteiger partial charge in [0.25, 0.3) is 5.91 Å². The van der Waals surface area contributed by atoms with Crippen LogP contribution in [0.25, 0.3) is 0 Å². The van der Waals surface area contributed by atoms with Crippen LogP contribution in [0.4, 0.5) is 0 Å². The standard InChI is InChI=1S/C12H21N3OS/c1-8(12(2,3)4)6-14-11(16)9-7-17-10(5-13)15-9/h7-8H,5-6,13H2,1-4H3,(H,14,16). The number of aromatic nitrogens is 1. The molecule has 0 fully saturated rings. The quantitative estimate of drug-likeness (QED) is 0.865. The van der Waals surface area contributed by atoms with E-state index in [0.717, 1.165) is 5.01 Å². The molecule has 1 atom stereocenters. The lowest BCUT2D eigenvalue weighted by molar-refractivity contribution is 0.0932. The molecule has 1 heterocycles. The molecule has 0 saturated carbocycles. The van der Waals surface area contributed by atoms with Crippen LogP contribution in [0.1, 0.15) is 43.2 Å². The van der Waals surface area contributed by atoms with Gasteiger partial charge in [0.15, 0.2) is 0 Å². The van der Waals surface area contributed by atoms with E-state index in [1.165, 1.54) is 11.3 Å². The summed E-state index contributed by atoms with van der Waals surface area (Å²) in [6.45, 7) is 9.68. The zero-order chi connectivity index (χ0) is 13.1. The molecule has 0 saturated heterocycles. The van der Waals surface area contributed by atoms with E-state index in [1.807, 2.05) is 0 Å². The molecule has 5 heteroatoms. The Hall–Kier alpha value is -0.940. The fourth-order valence-electron chi connectivity index (χ4n) is 1.15. The van der Waals surface area contributed by atoms with Gasteiger partial charge < -0.3 is 11.1 Å². The largest absolute Gasteiger partial charge is 0.350 e. The second-order valence-corrected chi connectivity index (χ2v) is 6.25. The highest BCUT2D eigenvalue weighted by molar-refractivity contribution is 7.09. The molecule has 1 rings (SSSR count). The topological polar surface area (TPSA) is 68.0 Å². The van der Waals surface area contributed by atoms with Crippen molar-refractivity contribution in [2.45, 2.75) is 34.2 Å². The third-order valence-corrected chi connectivity index (χ3v) is 3.88. The van der Waals surface area contributed by atoms with Crippen LogP contribution in [0.5, 0.6) is 0 Å². The molecule has 0 spiro atoms. The summed E-state index contributed by atoms with van der Waals surface area (Å²) in [6, 6.07) is 0. The fourth-order valence-corrected chi connectivity index (χ4v) is 1.81. The number of nitrogens with zero attached hydrogens (tertiary/aromatic N) is 1. The highest BCUT2D eigenvalue weighted by Gasteiger charge is 2.21. The minimum Gasteiger partial charge on any atom is -0.350 e. The molecular weight excluding hydrogens is 234 g/mol. The van der Waals surface area contributed by atoms with Gasteiger partial charge in [-0.05, 0) is 11.3 Å². The molecule has 3 N–H and O–H groups in total. The first-order valence-corrected chi connectivity index (χ1v) is 6.65. The Morgan fingerprint density at radius 1 is 1.59 bits per heavy atom. The Morgan fingerprint density at radius 2 is 2.24 bits per heavy atom. The third-order valence-electron chi connectivity index (χ3n) is 3.01. The zero-order valence-corrected chi connectivity index (χ0v) is 11.7. The normalized spacial score (nSPS) is 13.5. The van der Waals surface area contributed by atoms with E-state index in [-0.39, 0.29) is 11.3 Å². The number of hydrogen-bond donors (Lipinski definition) is 2. The first-order chi connectivity index (χ1) is 7.84. The second kappa shape index (κ2) is 5.60. The first kappa shape index (κ1) is 14.1. The van der Waals surface area contributed by atoms with Gasteiger partial charge in [-0.1, -0.05) is 27.7 Å². The van der Waals surface area contributed by atoms with Gasteiger partial charge in [0.1, 0.15) is 10.7 Å². The Labute approximate surface area is 107 Å². The van der Waals surface area contributed by atoms with E-state index in [2.05, 4.69) is 38.0 Å². The number of nitrogens with two attached hydrogens (primary N) is 1. The van der Waals surface area contributed by atoms with Crippen molar-refractivity contribution < 1.29 is 4.79 Å². The van der Waals surface area contributed by atoms with Crippen LogP contribution in [0.3, 0.4) is 0 Å². The van der Waals surface area contributed by atoms with Crippen LogP contribution in [-0.2, 0) is 6.54 Å². The highest BCUT2D eigenvalue weighted by atomic mass is 32.1. The highest BCUT2D eigenvalue weighted by Crippen LogP contribution is 2.24. The molecule has 96 valence electrons. The van der Waals surface area contributed by atoms with Crippen molar-refractivity contribution in [1.82, 2.24) is 10.3 Å². The fraction of sp³-hybridized carbons (Fsp3) is 0.667. The number of thiazole rings is 1. The molecule has 1 aromatic rings. The Kier molecular flexibility index (Phi) is 4.65. The lowest BCUT2D eigenvalue weighted by atomic mass is 9.82. The van der Waals surface area contributed by atoms with E-state index >= 15 is 0 Å². The van der Waals surface area contributed by atoms with Gasteiger partial charge in [-0.25, -0.2) is 4.98 Å². The number of amides is 1. The summed E-state index contributed by atoms with van der Waals surface area (Å²) >= 11 is 1.42. The van der Waals surface area contributed by atoms with Gasteiger partial charge in [0, 0.05) is 18.5 Å². The number of carbonyl (C=O) groups is 1. The van der Waals surface area contributed by atoms with Crippen LogP contribution in [0.2, 0.25) is 0 Å². The van der Waals surface area contributed by atoms with Crippen LogP contribution < -0.4 is 11.1 Å². The molecule has 0 bridgehead atoms. The van der Waals surface area contributed by atoms with Crippen molar-refractivity contribution >= 4 is 17.2 Å². The average Bonchev–Trinajstić information content (AvgIpc) is 2.72. The molecule has 0 aliphatic carbocycles. The SMILES string of the molecule is CC(CNC(=O)c1csc(CN)n1)C(C)(C)C. The van der Waals surface area contributed by atoms with Crippen molar-refractivity contribution in [2.75, 3.05) is 6.54 Å². The van der Waals surface area contributed by atoms with Crippen molar-refractivity contribution in [3.63, 3.8) is 0 Å². The molecular formula is C12H21N3OS.